The second-order valence-corrected chi connectivity index (χ2v) is 18.4. The minimum Gasteiger partial charge on any atom is -0.413 e. The zero-order valence-electron chi connectivity index (χ0n) is 29.9. The van der Waals surface area contributed by atoms with Crippen molar-refractivity contribution in [3.05, 3.63) is 148 Å². The SMILES string of the molecule is CC[Si](CC)(CC)O[C@@H]1CC[C@H]2C(=O)[C@]1(c1ccccc1[N+](=O)[O-])CCN2CC#CCOC(c1ccccc1)(c1ccccc1)c1ccccc1. The molecule has 7 nitrogen and oxygen atoms in total. The number of hydrogen-bond acceptors (Lipinski definition) is 6. The van der Waals surface area contributed by atoms with Crippen LogP contribution in [0.1, 0.15) is 62.3 Å². The zero-order chi connectivity index (χ0) is 35.9. The Hall–Kier alpha value is -4.39. The summed E-state index contributed by atoms with van der Waals surface area (Å²) in [6.45, 7) is 7.72. The van der Waals surface area contributed by atoms with Crippen LogP contribution in [-0.4, -0.2) is 55.8 Å². The summed E-state index contributed by atoms with van der Waals surface area (Å²) < 4.78 is 13.9. The molecule has 3 atom stereocenters. The van der Waals surface area contributed by atoms with Crippen molar-refractivity contribution < 1.29 is 18.9 Å². The van der Waals surface area contributed by atoms with Crippen LogP contribution < -0.4 is 0 Å². The van der Waals surface area contributed by atoms with Crippen molar-refractivity contribution in [1.82, 2.24) is 4.90 Å². The molecule has 8 heteroatoms. The largest absolute Gasteiger partial charge is 0.413 e. The van der Waals surface area contributed by atoms with Gasteiger partial charge in [0.1, 0.15) is 12.2 Å². The molecule has 2 aliphatic rings. The number of nitro benzene ring substituents is 1. The van der Waals surface area contributed by atoms with Crippen LogP contribution >= 0.6 is 0 Å². The Morgan fingerprint density at radius 3 is 1.86 bits per heavy atom. The molecule has 1 aliphatic carbocycles. The third kappa shape index (κ3) is 6.84. The highest BCUT2D eigenvalue weighted by Gasteiger charge is 2.59. The number of piperidine rings is 1. The van der Waals surface area contributed by atoms with Crippen molar-refractivity contribution in [2.45, 2.75) is 81.3 Å². The first-order chi connectivity index (χ1) is 24.8. The van der Waals surface area contributed by atoms with Gasteiger partial charge in [-0.05, 0) is 54.1 Å². The van der Waals surface area contributed by atoms with E-state index in [9.17, 15) is 14.9 Å². The standard InChI is InChI=1S/C43H48N2O5Si/c1-4-51(5-2,6-3)50-40-29-28-39-41(46)42(40,37-26-16-17-27-38(37)45(47)48)30-32-44(39)31-18-19-33-49-43(34-20-10-7-11-21-34,35-22-12-8-13-23-35)36-24-14-9-15-25-36/h7-17,20-27,39-40H,4-6,28-33H2,1-3H3/t39-,40+,42-/m0/s1. The molecular weight excluding hydrogens is 653 g/mol. The number of carbonyl (C=O) groups is 1. The second-order valence-electron chi connectivity index (χ2n) is 13.7. The zero-order valence-corrected chi connectivity index (χ0v) is 30.9. The molecule has 0 unspecified atom stereocenters. The van der Waals surface area contributed by atoms with Crippen LogP contribution in [0.25, 0.3) is 0 Å². The van der Waals surface area contributed by atoms with Gasteiger partial charge in [0.15, 0.2) is 14.1 Å². The molecular formula is C43H48N2O5Si. The lowest BCUT2D eigenvalue weighted by molar-refractivity contribution is -0.386. The van der Waals surface area contributed by atoms with E-state index in [2.05, 4.69) is 73.9 Å². The average Bonchev–Trinajstić information content (AvgIpc) is 3.18. The highest BCUT2D eigenvalue weighted by atomic mass is 28.4. The Kier molecular flexibility index (Phi) is 11.3. The summed E-state index contributed by atoms with van der Waals surface area (Å²) in [5.74, 6) is 6.64. The Labute approximate surface area is 303 Å². The molecule has 51 heavy (non-hydrogen) atoms. The van der Waals surface area contributed by atoms with Gasteiger partial charge < -0.3 is 9.16 Å². The van der Waals surface area contributed by atoms with Crippen molar-refractivity contribution in [1.29, 1.82) is 0 Å². The molecule has 0 amide bonds. The third-order valence-electron chi connectivity index (χ3n) is 11.4. The van der Waals surface area contributed by atoms with Gasteiger partial charge in [-0.1, -0.05) is 142 Å². The minimum atomic E-state index is -2.12. The van der Waals surface area contributed by atoms with Crippen molar-refractivity contribution in [3.8, 4) is 11.8 Å². The van der Waals surface area contributed by atoms with E-state index in [1.807, 2.05) is 60.7 Å². The second kappa shape index (κ2) is 15.9. The number of para-hydroxylation sites is 1. The van der Waals surface area contributed by atoms with Gasteiger partial charge in [-0.3, -0.25) is 19.8 Å². The van der Waals surface area contributed by atoms with E-state index in [4.69, 9.17) is 9.16 Å². The monoisotopic (exact) mass is 700 g/mol. The van der Waals surface area contributed by atoms with Gasteiger partial charge in [0.2, 0.25) is 0 Å². The van der Waals surface area contributed by atoms with E-state index in [1.54, 1.807) is 12.1 Å². The summed E-state index contributed by atoms with van der Waals surface area (Å²) in [5, 5.41) is 12.3. The first-order valence-corrected chi connectivity index (χ1v) is 20.8. The van der Waals surface area contributed by atoms with E-state index in [0.29, 0.717) is 37.9 Å². The molecule has 4 aromatic carbocycles. The summed E-state index contributed by atoms with van der Waals surface area (Å²) in [7, 11) is -2.12. The van der Waals surface area contributed by atoms with Gasteiger partial charge in [0, 0.05) is 18.2 Å². The van der Waals surface area contributed by atoms with Gasteiger partial charge in [0.25, 0.3) is 5.69 Å². The van der Waals surface area contributed by atoms with E-state index in [-0.39, 0.29) is 35.1 Å². The third-order valence-corrected chi connectivity index (χ3v) is 16.1. The van der Waals surface area contributed by atoms with Crippen LogP contribution in [0, 0.1) is 22.0 Å². The quantitative estimate of drug-likeness (QED) is 0.0457. The molecule has 1 saturated carbocycles. The van der Waals surface area contributed by atoms with Gasteiger partial charge in [-0.2, -0.15) is 0 Å². The molecule has 1 saturated heterocycles. The molecule has 4 aromatic rings. The molecule has 0 spiro atoms. The maximum absolute atomic E-state index is 14.8. The number of benzene rings is 4. The first-order valence-electron chi connectivity index (χ1n) is 18.3. The fourth-order valence-electron chi connectivity index (χ4n) is 8.47. The smallest absolute Gasteiger partial charge is 0.273 e. The van der Waals surface area contributed by atoms with E-state index in [0.717, 1.165) is 34.8 Å². The van der Waals surface area contributed by atoms with E-state index in [1.165, 1.54) is 6.07 Å². The minimum absolute atomic E-state index is 0.000911. The number of nitrogens with zero attached hydrogens (tertiary/aromatic N) is 2. The van der Waals surface area contributed by atoms with Gasteiger partial charge in [0.05, 0.1) is 29.0 Å². The fraction of sp³-hybridized carbons (Fsp3) is 0.372. The number of carbonyl (C=O) groups excluding carboxylic acids is 1. The molecule has 0 N–H and O–H groups in total. The summed E-state index contributed by atoms with van der Waals surface area (Å²) in [4.78, 5) is 28.9. The maximum Gasteiger partial charge on any atom is 0.273 e. The average molecular weight is 701 g/mol. The van der Waals surface area contributed by atoms with Crippen LogP contribution in [0.2, 0.25) is 18.1 Å². The van der Waals surface area contributed by atoms with Crippen LogP contribution in [0.15, 0.2) is 115 Å². The molecule has 6 rings (SSSR count). The fourth-order valence-corrected chi connectivity index (χ4v) is 11.4. The molecule has 0 aromatic heterocycles. The number of ketones is 1. The number of rotatable bonds is 13. The lowest BCUT2D eigenvalue weighted by Crippen LogP contribution is -2.66. The summed E-state index contributed by atoms with van der Waals surface area (Å²) in [5.41, 5.74) is 1.61. The molecule has 2 fully saturated rings. The van der Waals surface area contributed by atoms with Crippen molar-refractivity contribution >= 4 is 19.8 Å². The Morgan fingerprint density at radius 2 is 1.33 bits per heavy atom. The Morgan fingerprint density at radius 1 is 0.804 bits per heavy atom. The predicted octanol–water partition coefficient (Wildman–Crippen LogP) is 8.67. The van der Waals surface area contributed by atoms with Crippen molar-refractivity contribution in [2.75, 3.05) is 19.7 Å². The molecule has 1 aliphatic heterocycles. The lowest BCUT2D eigenvalue weighted by atomic mass is 9.60. The summed E-state index contributed by atoms with van der Waals surface area (Å²) in [6.07, 6.45) is 1.40. The van der Waals surface area contributed by atoms with Crippen LogP contribution in [0.5, 0.6) is 0 Å². The van der Waals surface area contributed by atoms with Gasteiger partial charge in [-0.15, -0.1) is 0 Å². The lowest BCUT2D eigenvalue weighted by Gasteiger charge is -2.54. The Bertz CT molecular complexity index is 1750. The normalized spacial score (nSPS) is 20.7. The number of likely N-dealkylation sites (tertiary alicyclic amines) is 1. The highest BCUT2D eigenvalue weighted by molar-refractivity contribution is 6.73. The number of Topliss-reactive ketones (excluding diaryl/α,β-unsaturated/α-hetero) is 1. The number of nitro groups is 1. The number of hydrogen-bond donors (Lipinski definition) is 0. The predicted molar refractivity (Wildman–Crippen MR) is 204 cm³/mol. The van der Waals surface area contributed by atoms with Gasteiger partial charge in [-0.25, -0.2) is 0 Å². The van der Waals surface area contributed by atoms with E-state index < -0.39 is 19.3 Å². The molecule has 264 valence electrons. The van der Waals surface area contributed by atoms with Crippen molar-refractivity contribution in [3.63, 3.8) is 0 Å². The first kappa shape index (κ1) is 36.4. The molecule has 1 heterocycles. The van der Waals surface area contributed by atoms with Crippen LogP contribution in [0.4, 0.5) is 5.69 Å². The Balaban J connectivity index is 1.27. The highest BCUT2D eigenvalue weighted by Crippen LogP contribution is 2.50. The van der Waals surface area contributed by atoms with Crippen LogP contribution in [0.3, 0.4) is 0 Å². The summed E-state index contributed by atoms with van der Waals surface area (Å²) in [6, 6.07) is 40.0. The molecule has 2 bridgehead atoms. The summed E-state index contributed by atoms with van der Waals surface area (Å²) >= 11 is 0. The van der Waals surface area contributed by atoms with E-state index >= 15 is 0 Å². The topological polar surface area (TPSA) is 81.9 Å². The van der Waals surface area contributed by atoms with Gasteiger partial charge >= 0.3 is 0 Å². The molecule has 0 radical (unpaired) electrons. The van der Waals surface area contributed by atoms with Crippen molar-refractivity contribution in [2.24, 2.45) is 0 Å². The maximum atomic E-state index is 14.8. The van der Waals surface area contributed by atoms with Crippen LogP contribution in [-0.2, 0) is 25.0 Å². The number of fused-ring (bicyclic) bond motifs is 2. The number of ether oxygens (including phenoxy) is 1.